The van der Waals surface area contributed by atoms with E-state index < -0.39 is 0 Å². The van der Waals surface area contributed by atoms with Crippen molar-refractivity contribution in [3.63, 3.8) is 0 Å². The standard InChI is InChI=1S/C9H10N8/c1-15-6-11-13-9(15)17-4-3-10-8(17)7-5-16(2)14-12-7/h3-4,6,14H,1-2H3. The van der Waals surface area contributed by atoms with Crippen molar-refractivity contribution in [1.29, 1.82) is 0 Å². The van der Waals surface area contributed by atoms with Crippen LogP contribution in [0.4, 0.5) is 0 Å². The van der Waals surface area contributed by atoms with Gasteiger partial charge in [0.2, 0.25) is 5.95 Å². The van der Waals surface area contributed by atoms with E-state index in [9.17, 15) is 0 Å². The van der Waals surface area contributed by atoms with Gasteiger partial charge in [0.25, 0.3) is 0 Å². The Balaban J connectivity index is 2.15. The van der Waals surface area contributed by atoms with E-state index >= 15 is 0 Å². The number of nitrogens with one attached hydrogen (secondary N) is 1. The van der Waals surface area contributed by atoms with E-state index in [0.717, 1.165) is 0 Å². The lowest BCUT2D eigenvalue weighted by molar-refractivity contribution is -0.734. The maximum Gasteiger partial charge on any atom is 0.220 e. The Morgan fingerprint density at radius 2 is 2.35 bits per heavy atom. The molecule has 1 N–H and O–H groups in total. The van der Waals surface area contributed by atoms with Crippen molar-refractivity contribution in [3.05, 3.63) is 24.9 Å². The number of imidazole rings is 1. The smallest absolute Gasteiger partial charge is 0.220 e. The van der Waals surface area contributed by atoms with Gasteiger partial charge in [-0.05, 0) is 0 Å². The molecule has 0 saturated heterocycles. The molecule has 8 nitrogen and oxygen atoms in total. The molecule has 0 aliphatic carbocycles. The van der Waals surface area contributed by atoms with E-state index in [2.05, 4.69) is 31.7 Å². The summed E-state index contributed by atoms with van der Waals surface area (Å²) in [5, 5.41) is 14.7. The Hall–Kier alpha value is -2.51. The number of rotatable bonds is 2. The monoisotopic (exact) mass is 230 g/mol. The van der Waals surface area contributed by atoms with Gasteiger partial charge in [-0.2, -0.15) is 0 Å². The van der Waals surface area contributed by atoms with Crippen LogP contribution >= 0.6 is 0 Å². The molecule has 0 aliphatic heterocycles. The van der Waals surface area contributed by atoms with Crippen LogP contribution in [0.15, 0.2) is 18.7 Å². The molecule has 17 heavy (non-hydrogen) atoms. The third kappa shape index (κ3) is 1.50. The zero-order chi connectivity index (χ0) is 11.8. The van der Waals surface area contributed by atoms with Crippen molar-refractivity contribution in [2.45, 2.75) is 0 Å². The van der Waals surface area contributed by atoms with Crippen LogP contribution < -0.4 is 4.68 Å². The number of nitrogens with zero attached hydrogens (tertiary/aromatic N) is 7. The van der Waals surface area contributed by atoms with Crippen LogP contribution in [0, 0.1) is 6.20 Å². The fourth-order valence-corrected chi connectivity index (χ4v) is 1.57. The van der Waals surface area contributed by atoms with Gasteiger partial charge in [-0.15, -0.1) is 10.2 Å². The minimum atomic E-state index is 0.625. The highest BCUT2D eigenvalue weighted by atomic mass is 15.4. The molecule has 0 aliphatic rings. The average Bonchev–Trinajstić information content (AvgIpc) is 2.97. The van der Waals surface area contributed by atoms with Crippen LogP contribution in [0.2, 0.25) is 0 Å². The number of aromatic nitrogens is 8. The van der Waals surface area contributed by atoms with Gasteiger partial charge in [-0.25, -0.2) is 0 Å². The van der Waals surface area contributed by atoms with E-state index in [1.165, 1.54) is 0 Å². The van der Waals surface area contributed by atoms with Crippen LogP contribution in [0.5, 0.6) is 0 Å². The maximum atomic E-state index is 4.25. The minimum absolute atomic E-state index is 0.625. The molecule has 0 bridgehead atoms. The van der Waals surface area contributed by atoms with Crippen LogP contribution in [-0.2, 0) is 14.1 Å². The summed E-state index contributed by atoms with van der Waals surface area (Å²) in [7, 11) is 3.68. The molecule has 3 heterocycles. The van der Waals surface area contributed by atoms with E-state index in [1.54, 1.807) is 26.3 Å². The fraction of sp³-hybridized carbons (Fsp3) is 0.222. The summed E-state index contributed by atoms with van der Waals surface area (Å²) in [6, 6.07) is 0. The molecule has 0 aromatic carbocycles. The summed E-state index contributed by atoms with van der Waals surface area (Å²) in [5.41, 5.74) is 0.625. The Morgan fingerprint density at radius 3 is 3.00 bits per heavy atom. The van der Waals surface area contributed by atoms with Gasteiger partial charge in [0.05, 0.1) is 7.05 Å². The van der Waals surface area contributed by atoms with Crippen molar-refractivity contribution >= 4 is 0 Å². The first-order valence-corrected chi connectivity index (χ1v) is 4.97. The lowest BCUT2D eigenvalue weighted by Gasteiger charge is -2.08. The predicted octanol–water partition coefficient (Wildman–Crippen LogP) is -0.984. The van der Waals surface area contributed by atoms with Crippen LogP contribution in [0.1, 0.15) is 0 Å². The van der Waals surface area contributed by atoms with E-state index in [0.29, 0.717) is 17.5 Å². The summed E-state index contributed by atoms with van der Waals surface area (Å²) < 4.78 is 5.24. The Kier molecular flexibility index (Phi) is 2.00. The zero-order valence-corrected chi connectivity index (χ0v) is 9.36. The second-order valence-electron chi connectivity index (χ2n) is 3.59. The lowest BCUT2D eigenvalue weighted by Crippen LogP contribution is -2.29. The Labute approximate surface area is 96.5 Å². The molecule has 0 spiro atoms. The van der Waals surface area contributed by atoms with E-state index in [4.69, 9.17) is 0 Å². The van der Waals surface area contributed by atoms with Crippen LogP contribution in [-0.4, -0.2) is 34.6 Å². The Bertz CT molecular complexity index is 645. The molecule has 0 atom stereocenters. The Morgan fingerprint density at radius 1 is 1.47 bits per heavy atom. The van der Waals surface area contributed by atoms with E-state index in [-0.39, 0.29) is 0 Å². The molecule has 0 saturated carbocycles. The first kappa shape index (κ1) is 9.70. The molecule has 8 heteroatoms. The first-order chi connectivity index (χ1) is 8.25. The summed E-state index contributed by atoms with van der Waals surface area (Å²) in [4.78, 5) is 4.25. The van der Waals surface area contributed by atoms with Gasteiger partial charge in [-0.1, -0.05) is 5.21 Å². The topological polar surface area (TPSA) is 81.1 Å². The van der Waals surface area contributed by atoms with Crippen LogP contribution in [0.25, 0.3) is 17.5 Å². The molecule has 0 unspecified atom stereocenters. The SMILES string of the molecule is Cn1cnnc1-n1ccnc1-c1[c-][n+](C)[nH]n1. The fourth-order valence-electron chi connectivity index (χ4n) is 1.57. The summed E-state index contributed by atoms with van der Waals surface area (Å²) in [6.07, 6.45) is 8.14. The summed E-state index contributed by atoms with van der Waals surface area (Å²) >= 11 is 0. The molecular weight excluding hydrogens is 220 g/mol. The number of H-pyrrole nitrogens is 1. The number of aromatic amines is 1. The van der Waals surface area contributed by atoms with Gasteiger partial charge in [-0.3, -0.25) is 4.68 Å². The second-order valence-corrected chi connectivity index (χ2v) is 3.59. The highest BCUT2D eigenvalue weighted by molar-refractivity contribution is 5.48. The predicted molar refractivity (Wildman–Crippen MR) is 55.7 cm³/mol. The molecule has 3 rings (SSSR count). The van der Waals surface area contributed by atoms with Crippen molar-refractivity contribution in [2.75, 3.05) is 0 Å². The van der Waals surface area contributed by atoms with Gasteiger partial charge in [0.15, 0.2) is 0 Å². The quantitative estimate of drug-likeness (QED) is 0.453. The number of hydrogen-bond acceptors (Lipinski definition) is 4. The first-order valence-electron chi connectivity index (χ1n) is 4.97. The maximum absolute atomic E-state index is 4.25. The largest absolute Gasteiger partial charge is 0.344 e. The zero-order valence-electron chi connectivity index (χ0n) is 9.36. The third-order valence-electron chi connectivity index (χ3n) is 2.34. The van der Waals surface area contributed by atoms with Crippen molar-refractivity contribution in [2.24, 2.45) is 14.1 Å². The molecule has 0 amide bonds. The molecular formula is C9H10N8. The number of hydrogen-bond donors (Lipinski definition) is 1. The third-order valence-corrected chi connectivity index (χ3v) is 2.34. The lowest BCUT2D eigenvalue weighted by atomic mass is 10.4. The average molecular weight is 230 g/mol. The van der Waals surface area contributed by atoms with Gasteiger partial charge in [0.1, 0.15) is 12.0 Å². The second kappa shape index (κ2) is 3.51. The molecule has 0 radical (unpaired) electrons. The number of aryl methyl sites for hydroxylation is 2. The highest BCUT2D eigenvalue weighted by Crippen LogP contribution is 2.15. The van der Waals surface area contributed by atoms with Gasteiger partial charge >= 0.3 is 0 Å². The molecule has 3 aromatic heterocycles. The van der Waals surface area contributed by atoms with Gasteiger partial charge in [0, 0.05) is 36.6 Å². The van der Waals surface area contributed by atoms with Gasteiger partial charge < -0.3 is 14.1 Å². The van der Waals surface area contributed by atoms with Crippen molar-refractivity contribution < 1.29 is 4.68 Å². The van der Waals surface area contributed by atoms with Crippen LogP contribution in [0.3, 0.4) is 0 Å². The normalized spacial score (nSPS) is 10.9. The summed E-state index contributed by atoms with van der Waals surface area (Å²) in [5.74, 6) is 1.34. The minimum Gasteiger partial charge on any atom is -0.344 e. The van der Waals surface area contributed by atoms with E-state index in [1.807, 2.05) is 20.3 Å². The molecule has 0 fully saturated rings. The molecule has 3 aromatic rings. The highest BCUT2D eigenvalue weighted by Gasteiger charge is 2.09. The van der Waals surface area contributed by atoms with Crippen molar-refractivity contribution in [1.82, 2.24) is 34.6 Å². The molecule has 86 valence electrons. The summed E-state index contributed by atoms with van der Waals surface area (Å²) in [6.45, 7) is 0. The van der Waals surface area contributed by atoms with Crippen molar-refractivity contribution in [3.8, 4) is 17.5 Å².